The monoisotopic (exact) mass is 712 g/mol. The van der Waals surface area contributed by atoms with E-state index in [0.29, 0.717) is 0 Å². The van der Waals surface area contributed by atoms with Crippen LogP contribution < -0.4 is 0 Å². The van der Waals surface area contributed by atoms with Gasteiger partial charge in [-0.05, 0) is 0 Å². The van der Waals surface area contributed by atoms with Crippen LogP contribution in [-0.4, -0.2) is 63.6 Å². The second-order valence-corrected chi connectivity index (χ2v) is 8.14. The molecule has 0 bridgehead atoms. The highest BCUT2D eigenvalue weighted by molar-refractivity contribution is 5.43. The summed E-state index contributed by atoms with van der Waals surface area (Å²) >= 11 is 0. The zero-order valence-electron chi connectivity index (χ0n) is 19.9. The molecule has 1 unspecified atom stereocenters. The van der Waals surface area contributed by atoms with E-state index in [4.69, 9.17) is 0 Å². The van der Waals surface area contributed by atoms with E-state index >= 15 is 0 Å². The molecule has 0 aromatic carbocycles. The van der Waals surface area contributed by atoms with Crippen LogP contribution in [0.25, 0.3) is 0 Å². The van der Waals surface area contributed by atoms with Crippen LogP contribution >= 0.6 is 0 Å². The minimum atomic E-state index is -8.26. The summed E-state index contributed by atoms with van der Waals surface area (Å²) in [6.07, 6.45) is -49.2. The van der Waals surface area contributed by atoms with E-state index in [0.717, 1.165) is 0 Å². The maximum Gasteiger partial charge on any atom is 0.460 e. The van der Waals surface area contributed by atoms with Crippen LogP contribution in [0.5, 0.6) is 5.75 Å². The first-order valence-corrected chi connectivity index (χ1v) is 10.2. The summed E-state index contributed by atoms with van der Waals surface area (Å²) in [5.74, 6) is -30.2. The van der Waals surface area contributed by atoms with Crippen molar-refractivity contribution in [3.05, 3.63) is 41.5 Å². The van der Waals surface area contributed by atoms with Crippen LogP contribution in [-0.2, 0) is 19.8 Å². The van der Waals surface area contributed by atoms with Gasteiger partial charge in [0, 0.05) is 6.42 Å². The summed E-state index contributed by atoms with van der Waals surface area (Å²) in [6, 6.07) is 0. The Bertz CT molecular complexity index is 1360. The number of nitrogens with zero attached hydrogens (tertiary/aromatic N) is 2. The van der Waals surface area contributed by atoms with E-state index in [-0.39, 0.29) is 12.5 Å². The summed E-state index contributed by atoms with van der Waals surface area (Å²) in [7, 11) is 0. The van der Waals surface area contributed by atoms with Crippen molar-refractivity contribution in [2.75, 3.05) is 0 Å². The molecule has 45 heavy (non-hydrogen) atoms. The number of aromatic hydroxyl groups is 1. The topological polar surface area (TPSA) is 73.7 Å². The summed E-state index contributed by atoms with van der Waals surface area (Å²) in [5, 5.41) is 9.65. The number of halogens is 21. The third-order valence-electron chi connectivity index (χ3n) is 5.07. The number of hydrogen-bond donors (Lipinski definition) is 1. The maximum absolute atomic E-state index is 14.7. The van der Waals surface area contributed by atoms with E-state index in [1.807, 2.05) is 0 Å². The van der Waals surface area contributed by atoms with Gasteiger partial charge in [0.2, 0.25) is 0 Å². The van der Waals surface area contributed by atoms with Gasteiger partial charge in [0.1, 0.15) is 17.8 Å². The van der Waals surface area contributed by atoms with E-state index in [1.165, 1.54) is 4.74 Å². The van der Waals surface area contributed by atoms with Crippen LogP contribution in [0.15, 0.2) is 35.8 Å². The molecule has 0 saturated heterocycles. The van der Waals surface area contributed by atoms with Crippen LogP contribution in [0.3, 0.4) is 0 Å². The van der Waals surface area contributed by atoms with Gasteiger partial charge in [0.05, 0.1) is 6.20 Å². The van der Waals surface area contributed by atoms with Gasteiger partial charge in [-0.25, -0.2) is 37.0 Å². The standard InChI is InChI=1S/C18H5F21N2O4/c19-4-1-10(8(22)7(21)6(4)20,9-5(42)2-40-3-41-9)43-15(32,33)16(34,35)45-18(38,39)17(36,37)44-14(30,31)12(25,26)11(23,24)13(27,28)29/h2-3,42H,1H2. The molecular formula is C18H5F21N2O4. The quantitative estimate of drug-likeness (QED) is 0.235. The molecule has 0 saturated carbocycles. The Morgan fingerprint density at radius 2 is 1.07 bits per heavy atom. The van der Waals surface area contributed by atoms with Gasteiger partial charge in [-0.3, -0.25) is 4.74 Å². The van der Waals surface area contributed by atoms with Crippen LogP contribution in [0.4, 0.5) is 92.2 Å². The Hall–Kier alpha value is -3.23. The molecule has 1 heterocycles. The number of allylic oxidation sites excluding steroid dienone is 2. The Labute approximate surface area is 230 Å². The van der Waals surface area contributed by atoms with E-state index in [1.54, 1.807) is 4.74 Å². The van der Waals surface area contributed by atoms with Crippen LogP contribution in [0.2, 0.25) is 0 Å². The minimum Gasteiger partial charge on any atom is -0.504 e. The fraction of sp³-hybridized carbons (Fsp3) is 0.556. The van der Waals surface area contributed by atoms with Gasteiger partial charge < -0.3 is 5.11 Å². The van der Waals surface area contributed by atoms with Gasteiger partial charge >= 0.3 is 48.6 Å². The van der Waals surface area contributed by atoms with Gasteiger partial charge in [-0.2, -0.15) is 74.6 Å². The molecule has 0 fully saturated rings. The van der Waals surface area contributed by atoms with Crippen molar-refractivity contribution in [3.8, 4) is 5.75 Å². The largest absolute Gasteiger partial charge is 0.504 e. The number of hydrogen-bond acceptors (Lipinski definition) is 6. The predicted molar refractivity (Wildman–Crippen MR) is 92.4 cm³/mol. The third kappa shape index (κ3) is 6.16. The lowest BCUT2D eigenvalue weighted by Crippen LogP contribution is -2.65. The Balaban J connectivity index is 2.56. The Morgan fingerprint density at radius 1 is 0.622 bits per heavy atom. The molecule has 0 amide bonds. The van der Waals surface area contributed by atoms with E-state index < -0.39 is 95.3 Å². The van der Waals surface area contributed by atoms with E-state index in [2.05, 4.69) is 14.7 Å². The van der Waals surface area contributed by atoms with Crippen molar-refractivity contribution in [2.45, 2.75) is 60.6 Å². The molecule has 2 rings (SSSR count). The van der Waals surface area contributed by atoms with Gasteiger partial charge in [-0.15, -0.1) is 0 Å². The fourth-order valence-corrected chi connectivity index (χ4v) is 2.92. The third-order valence-corrected chi connectivity index (χ3v) is 5.07. The van der Waals surface area contributed by atoms with Crippen molar-refractivity contribution in [1.82, 2.24) is 9.97 Å². The predicted octanol–water partition coefficient (Wildman–Crippen LogP) is 7.93. The van der Waals surface area contributed by atoms with Crippen molar-refractivity contribution in [1.29, 1.82) is 0 Å². The molecule has 258 valence electrons. The van der Waals surface area contributed by atoms with Crippen LogP contribution in [0, 0.1) is 0 Å². The number of rotatable bonds is 11. The van der Waals surface area contributed by atoms with Crippen molar-refractivity contribution < 1.29 is 112 Å². The molecule has 0 spiro atoms. The first-order valence-electron chi connectivity index (χ1n) is 10.2. The molecule has 1 N–H and O–H groups in total. The minimum absolute atomic E-state index is 0.0301. The normalized spacial score (nSPS) is 20.3. The zero-order valence-corrected chi connectivity index (χ0v) is 19.9. The highest BCUT2D eigenvalue weighted by atomic mass is 19.4. The average molecular weight is 712 g/mol. The smallest absolute Gasteiger partial charge is 0.460 e. The lowest BCUT2D eigenvalue weighted by Gasteiger charge is -2.39. The molecule has 0 radical (unpaired) electrons. The molecular weight excluding hydrogens is 707 g/mol. The molecule has 1 aliphatic carbocycles. The lowest BCUT2D eigenvalue weighted by molar-refractivity contribution is -0.564. The van der Waals surface area contributed by atoms with E-state index in [9.17, 15) is 97.3 Å². The van der Waals surface area contributed by atoms with Gasteiger partial charge in [0.25, 0.3) is 0 Å². The first-order chi connectivity index (χ1) is 19.7. The van der Waals surface area contributed by atoms with Gasteiger partial charge in [-0.1, -0.05) is 0 Å². The molecule has 27 heteroatoms. The Kier molecular flexibility index (Phi) is 9.23. The second-order valence-electron chi connectivity index (χ2n) is 8.14. The molecule has 1 aromatic heterocycles. The highest BCUT2D eigenvalue weighted by Crippen LogP contribution is 2.58. The highest BCUT2D eigenvalue weighted by Gasteiger charge is 2.85. The molecule has 0 aliphatic heterocycles. The van der Waals surface area contributed by atoms with Crippen molar-refractivity contribution >= 4 is 0 Å². The average Bonchev–Trinajstić information content (AvgIpc) is 2.83. The number of alkyl halides is 17. The molecule has 1 aromatic rings. The second kappa shape index (κ2) is 10.9. The lowest BCUT2D eigenvalue weighted by atomic mass is 9.87. The number of aromatic nitrogens is 2. The zero-order chi connectivity index (χ0) is 35.6. The first kappa shape index (κ1) is 38.0. The van der Waals surface area contributed by atoms with Crippen LogP contribution in [0.1, 0.15) is 12.1 Å². The van der Waals surface area contributed by atoms with Crippen molar-refractivity contribution in [3.63, 3.8) is 0 Å². The summed E-state index contributed by atoms with van der Waals surface area (Å²) in [4.78, 5) is 5.69. The number of ether oxygens (including phenoxy) is 3. The van der Waals surface area contributed by atoms with Crippen molar-refractivity contribution in [2.24, 2.45) is 0 Å². The Morgan fingerprint density at radius 3 is 1.51 bits per heavy atom. The summed E-state index contributed by atoms with van der Waals surface area (Å²) < 4.78 is 288. The summed E-state index contributed by atoms with van der Waals surface area (Å²) in [6.45, 7) is 0. The fourth-order valence-electron chi connectivity index (χ4n) is 2.92. The maximum atomic E-state index is 14.7. The summed E-state index contributed by atoms with van der Waals surface area (Å²) in [5.41, 5.74) is -6.77. The molecule has 1 atom stereocenters. The molecule has 6 nitrogen and oxygen atoms in total. The SMILES string of the molecule is Oc1cncnc1C1(OC(F)(F)C(F)(F)OC(F)(F)C(F)(F)OC(F)(F)C(F)(F)C(F)(F)C(F)(F)F)CC(F)=C(F)C(F)=C1F. The molecule has 1 aliphatic rings. The van der Waals surface area contributed by atoms with Gasteiger partial charge in [0.15, 0.2) is 28.8 Å².